The van der Waals surface area contributed by atoms with Crippen molar-refractivity contribution >= 4 is 5.82 Å². The molecule has 1 N–H and O–H groups in total. The number of nitrogens with one attached hydrogen (secondary N) is 1. The zero-order valence-corrected chi connectivity index (χ0v) is 10.2. The monoisotopic (exact) mass is 224 g/mol. The molecule has 1 rings (SSSR count). The standard InChI is InChI=1S/C12H20N2O2/c1-4-15-12-7-5-6-11(14-12)13-8-9-16-10(2)3/h5-7,10H,4,8-9H2,1-3H3,(H,13,14). The van der Waals surface area contributed by atoms with Crippen LogP contribution in [0.3, 0.4) is 0 Å². The summed E-state index contributed by atoms with van der Waals surface area (Å²) >= 11 is 0. The number of pyridine rings is 1. The molecule has 0 spiro atoms. The maximum absolute atomic E-state index is 5.42. The first-order valence-corrected chi connectivity index (χ1v) is 5.67. The molecule has 4 heteroatoms. The van der Waals surface area contributed by atoms with Crippen LogP contribution in [-0.4, -0.2) is 30.8 Å². The first-order valence-electron chi connectivity index (χ1n) is 5.67. The van der Waals surface area contributed by atoms with Gasteiger partial charge in [-0.3, -0.25) is 0 Å². The van der Waals surface area contributed by atoms with Gasteiger partial charge in [-0.1, -0.05) is 6.07 Å². The lowest BCUT2D eigenvalue weighted by molar-refractivity contribution is 0.0870. The number of aromatic nitrogens is 1. The Kier molecular flexibility index (Phi) is 5.64. The summed E-state index contributed by atoms with van der Waals surface area (Å²) in [5, 5.41) is 3.18. The molecule has 0 fully saturated rings. The Morgan fingerprint density at radius 3 is 2.88 bits per heavy atom. The van der Waals surface area contributed by atoms with Crippen molar-refractivity contribution in [1.82, 2.24) is 4.98 Å². The maximum atomic E-state index is 5.42. The zero-order chi connectivity index (χ0) is 11.8. The largest absolute Gasteiger partial charge is 0.478 e. The highest BCUT2D eigenvalue weighted by molar-refractivity contribution is 5.36. The highest BCUT2D eigenvalue weighted by atomic mass is 16.5. The van der Waals surface area contributed by atoms with Crippen molar-refractivity contribution in [3.63, 3.8) is 0 Å². The highest BCUT2D eigenvalue weighted by Crippen LogP contribution is 2.10. The highest BCUT2D eigenvalue weighted by Gasteiger charge is 1.97. The first-order chi connectivity index (χ1) is 7.72. The average Bonchev–Trinajstić information content (AvgIpc) is 2.25. The van der Waals surface area contributed by atoms with Crippen LogP contribution in [0.25, 0.3) is 0 Å². The molecule has 0 aliphatic heterocycles. The summed E-state index contributed by atoms with van der Waals surface area (Å²) < 4.78 is 10.7. The van der Waals surface area contributed by atoms with Crippen molar-refractivity contribution < 1.29 is 9.47 Å². The summed E-state index contributed by atoms with van der Waals surface area (Å²) in [7, 11) is 0. The quantitative estimate of drug-likeness (QED) is 0.722. The van der Waals surface area contributed by atoms with Gasteiger partial charge in [-0.05, 0) is 26.8 Å². The van der Waals surface area contributed by atoms with E-state index in [1.165, 1.54) is 0 Å². The number of hydrogen-bond donors (Lipinski definition) is 1. The second-order valence-corrected chi connectivity index (χ2v) is 3.64. The molecule has 0 saturated carbocycles. The van der Waals surface area contributed by atoms with E-state index in [1.807, 2.05) is 39.0 Å². The lowest BCUT2D eigenvalue weighted by atomic mass is 10.4. The predicted octanol–water partition coefficient (Wildman–Crippen LogP) is 2.32. The van der Waals surface area contributed by atoms with E-state index in [0.717, 1.165) is 12.4 Å². The van der Waals surface area contributed by atoms with Gasteiger partial charge in [0.15, 0.2) is 0 Å². The fourth-order valence-corrected chi connectivity index (χ4v) is 1.22. The molecular formula is C12H20N2O2. The van der Waals surface area contributed by atoms with E-state index in [0.29, 0.717) is 19.1 Å². The molecule has 0 radical (unpaired) electrons. The Hall–Kier alpha value is -1.29. The van der Waals surface area contributed by atoms with Gasteiger partial charge in [0.05, 0.1) is 19.3 Å². The van der Waals surface area contributed by atoms with Gasteiger partial charge >= 0.3 is 0 Å². The average molecular weight is 224 g/mol. The molecule has 1 aromatic rings. The summed E-state index contributed by atoms with van der Waals surface area (Å²) in [5.74, 6) is 1.47. The minimum absolute atomic E-state index is 0.268. The van der Waals surface area contributed by atoms with Gasteiger partial charge in [-0.15, -0.1) is 0 Å². The predicted molar refractivity (Wildman–Crippen MR) is 65.0 cm³/mol. The number of anilines is 1. The molecule has 16 heavy (non-hydrogen) atoms. The molecule has 0 unspecified atom stereocenters. The van der Waals surface area contributed by atoms with Crippen LogP contribution in [0.1, 0.15) is 20.8 Å². The minimum atomic E-state index is 0.268. The van der Waals surface area contributed by atoms with Gasteiger partial charge in [0.1, 0.15) is 5.82 Å². The van der Waals surface area contributed by atoms with E-state index < -0.39 is 0 Å². The Balaban J connectivity index is 2.33. The summed E-state index contributed by atoms with van der Waals surface area (Å²) in [6.45, 7) is 8.05. The van der Waals surface area contributed by atoms with Crippen LogP contribution < -0.4 is 10.1 Å². The molecule has 0 aliphatic rings. The molecule has 1 aromatic heterocycles. The van der Waals surface area contributed by atoms with Crippen LogP contribution in [0.4, 0.5) is 5.82 Å². The van der Waals surface area contributed by atoms with E-state index in [4.69, 9.17) is 9.47 Å². The molecule has 1 heterocycles. The number of nitrogens with zero attached hydrogens (tertiary/aromatic N) is 1. The molecule has 0 saturated heterocycles. The van der Waals surface area contributed by atoms with E-state index in [1.54, 1.807) is 0 Å². The van der Waals surface area contributed by atoms with E-state index in [9.17, 15) is 0 Å². The third-order valence-electron chi connectivity index (χ3n) is 1.88. The van der Waals surface area contributed by atoms with Crippen LogP contribution in [0.5, 0.6) is 5.88 Å². The molecule has 4 nitrogen and oxygen atoms in total. The van der Waals surface area contributed by atoms with Gasteiger partial charge in [0.25, 0.3) is 0 Å². The fraction of sp³-hybridized carbons (Fsp3) is 0.583. The van der Waals surface area contributed by atoms with E-state index in [2.05, 4.69) is 10.3 Å². The molecule has 0 amide bonds. The number of hydrogen-bond acceptors (Lipinski definition) is 4. The second kappa shape index (κ2) is 7.06. The van der Waals surface area contributed by atoms with Gasteiger partial charge in [0.2, 0.25) is 5.88 Å². The lowest BCUT2D eigenvalue weighted by Gasteiger charge is -2.09. The molecule has 90 valence electrons. The second-order valence-electron chi connectivity index (χ2n) is 3.64. The Morgan fingerprint density at radius 2 is 2.19 bits per heavy atom. The van der Waals surface area contributed by atoms with Crippen molar-refractivity contribution in [2.75, 3.05) is 25.1 Å². The van der Waals surface area contributed by atoms with Gasteiger partial charge in [-0.2, -0.15) is 4.98 Å². The Bertz CT molecular complexity index is 303. The van der Waals surface area contributed by atoms with Crippen molar-refractivity contribution in [2.45, 2.75) is 26.9 Å². The van der Waals surface area contributed by atoms with Crippen molar-refractivity contribution in [2.24, 2.45) is 0 Å². The van der Waals surface area contributed by atoms with Crippen molar-refractivity contribution in [3.8, 4) is 5.88 Å². The summed E-state index contributed by atoms with van der Waals surface area (Å²) in [4.78, 5) is 4.29. The minimum Gasteiger partial charge on any atom is -0.478 e. The third kappa shape index (κ3) is 4.98. The van der Waals surface area contributed by atoms with Crippen LogP contribution in [0.2, 0.25) is 0 Å². The molecule has 0 bridgehead atoms. The maximum Gasteiger partial charge on any atom is 0.215 e. The Labute approximate surface area is 97.0 Å². The van der Waals surface area contributed by atoms with Crippen LogP contribution in [-0.2, 0) is 4.74 Å². The molecule has 0 atom stereocenters. The lowest BCUT2D eigenvalue weighted by Crippen LogP contribution is -2.13. The van der Waals surface area contributed by atoms with Gasteiger partial charge in [-0.25, -0.2) is 0 Å². The number of ether oxygens (including phenoxy) is 2. The summed E-state index contributed by atoms with van der Waals surface area (Å²) in [5.41, 5.74) is 0. The van der Waals surface area contributed by atoms with Gasteiger partial charge < -0.3 is 14.8 Å². The SMILES string of the molecule is CCOc1cccc(NCCOC(C)C)n1. The number of rotatable bonds is 7. The smallest absolute Gasteiger partial charge is 0.215 e. The molecule has 0 aliphatic carbocycles. The molecular weight excluding hydrogens is 204 g/mol. The van der Waals surface area contributed by atoms with Crippen LogP contribution in [0, 0.1) is 0 Å². The summed E-state index contributed by atoms with van der Waals surface area (Å²) in [6, 6.07) is 5.68. The molecule has 0 aromatic carbocycles. The topological polar surface area (TPSA) is 43.4 Å². The van der Waals surface area contributed by atoms with Gasteiger partial charge in [0, 0.05) is 12.6 Å². The third-order valence-corrected chi connectivity index (χ3v) is 1.88. The zero-order valence-electron chi connectivity index (χ0n) is 10.2. The summed E-state index contributed by atoms with van der Waals surface area (Å²) in [6.07, 6.45) is 0.268. The van der Waals surface area contributed by atoms with E-state index in [-0.39, 0.29) is 6.10 Å². The van der Waals surface area contributed by atoms with E-state index >= 15 is 0 Å². The van der Waals surface area contributed by atoms with Crippen LogP contribution >= 0.6 is 0 Å². The fourth-order valence-electron chi connectivity index (χ4n) is 1.22. The van der Waals surface area contributed by atoms with Crippen molar-refractivity contribution in [3.05, 3.63) is 18.2 Å². The first kappa shape index (κ1) is 12.8. The normalized spacial score (nSPS) is 10.5. The van der Waals surface area contributed by atoms with Crippen LogP contribution in [0.15, 0.2) is 18.2 Å². The Morgan fingerprint density at radius 1 is 1.38 bits per heavy atom. The van der Waals surface area contributed by atoms with Crippen molar-refractivity contribution in [1.29, 1.82) is 0 Å².